The topological polar surface area (TPSA) is 52.7 Å². The molecule has 2 amide bonds. The number of nitrogens with zero attached hydrogens (tertiary/aromatic N) is 2. The molecule has 1 heterocycles. The fourth-order valence-corrected chi connectivity index (χ4v) is 4.60. The van der Waals surface area contributed by atoms with Crippen molar-refractivity contribution in [2.75, 3.05) is 33.4 Å². The van der Waals surface area contributed by atoms with E-state index < -0.39 is 11.6 Å². The first-order chi connectivity index (χ1) is 14.3. The molecule has 0 radical (unpaired) electrons. The molecule has 2 aromatic carbocycles. The van der Waals surface area contributed by atoms with Crippen molar-refractivity contribution < 1.29 is 18.4 Å². The van der Waals surface area contributed by atoms with Crippen molar-refractivity contribution in [2.45, 2.75) is 23.4 Å². The van der Waals surface area contributed by atoms with Crippen LogP contribution in [0.1, 0.15) is 28.4 Å². The SMILES string of the molecule is CN(C)C(=O)CSc1ccccc1C(=O)N[C@@H]1CCN(C)[C@H]1c1ccc(F)c(F)c1. The second-order valence-electron chi connectivity index (χ2n) is 7.54. The molecule has 160 valence electrons. The van der Waals surface area contributed by atoms with Crippen LogP contribution >= 0.6 is 11.8 Å². The Morgan fingerprint density at radius 3 is 2.60 bits per heavy atom. The number of carbonyl (C=O) groups excluding carboxylic acids is 2. The van der Waals surface area contributed by atoms with Crippen LogP contribution in [0.5, 0.6) is 0 Å². The van der Waals surface area contributed by atoms with Crippen molar-refractivity contribution >= 4 is 23.6 Å². The minimum Gasteiger partial charge on any atom is -0.348 e. The molecule has 2 atom stereocenters. The van der Waals surface area contributed by atoms with Crippen LogP contribution in [-0.4, -0.2) is 61.1 Å². The summed E-state index contributed by atoms with van der Waals surface area (Å²) in [6.45, 7) is 0.725. The molecule has 3 rings (SSSR count). The van der Waals surface area contributed by atoms with Crippen molar-refractivity contribution in [3.8, 4) is 0 Å². The summed E-state index contributed by atoms with van der Waals surface area (Å²) < 4.78 is 27.1. The van der Waals surface area contributed by atoms with Crippen molar-refractivity contribution in [2.24, 2.45) is 0 Å². The van der Waals surface area contributed by atoms with Crippen molar-refractivity contribution in [3.05, 3.63) is 65.2 Å². The number of likely N-dealkylation sites (tertiary alicyclic amines) is 1. The van der Waals surface area contributed by atoms with Gasteiger partial charge in [-0.05, 0) is 43.3 Å². The quantitative estimate of drug-likeness (QED) is 0.711. The predicted octanol–water partition coefficient (Wildman–Crippen LogP) is 3.32. The summed E-state index contributed by atoms with van der Waals surface area (Å²) in [6.07, 6.45) is 0.695. The van der Waals surface area contributed by atoms with E-state index in [1.807, 2.05) is 24.1 Å². The number of hydrogen-bond acceptors (Lipinski definition) is 4. The van der Waals surface area contributed by atoms with Gasteiger partial charge in [0.2, 0.25) is 5.91 Å². The average Bonchev–Trinajstić information content (AvgIpc) is 3.08. The number of benzene rings is 2. The van der Waals surface area contributed by atoms with Crippen LogP contribution in [0.3, 0.4) is 0 Å². The van der Waals surface area contributed by atoms with Crippen molar-refractivity contribution in [3.63, 3.8) is 0 Å². The number of rotatable bonds is 6. The third-order valence-electron chi connectivity index (χ3n) is 5.23. The molecule has 0 bridgehead atoms. The normalized spacial score (nSPS) is 19.0. The number of amides is 2. The molecular weight excluding hydrogens is 408 g/mol. The number of nitrogens with one attached hydrogen (secondary N) is 1. The highest BCUT2D eigenvalue weighted by atomic mass is 32.2. The van der Waals surface area contributed by atoms with Crippen LogP contribution < -0.4 is 5.32 Å². The Balaban J connectivity index is 1.76. The van der Waals surface area contributed by atoms with Crippen LogP contribution in [0, 0.1) is 11.6 Å². The molecule has 1 aliphatic heterocycles. The zero-order valence-corrected chi connectivity index (χ0v) is 18.0. The molecule has 1 saturated heterocycles. The number of halogens is 2. The second-order valence-corrected chi connectivity index (χ2v) is 8.56. The Morgan fingerprint density at radius 2 is 1.90 bits per heavy atom. The molecule has 30 heavy (non-hydrogen) atoms. The first-order valence-corrected chi connectivity index (χ1v) is 10.6. The van der Waals surface area contributed by atoms with Gasteiger partial charge in [-0.2, -0.15) is 0 Å². The summed E-state index contributed by atoms with van der Waals surface area (Å²) in [6, 6.07) is 10.5. The molecular formula is C22H25F2N3O2S. The second kappa shape index (κ2) is 9.57. The number of carbonyl (C=O) groups is 2. The Hall–Kier alpha value is -2.45. The zero-order valence-electron chi connectivity index (χ0n) is 17.2. The number of likely N-dealkylation sites (N-methyl/N-ethyl adjacent to an activating group) is 1. The van der Waals surface area contributed by atoms with E-state index in [9.17, 15) is 18.4 Å². The summed E-state index contributed by atoms with van der Waals surface area (Å²) in [4.78, 5) is 29.2. The van der Waals surface area contributed by atoms with Gasteiger partial charge < -0.3 is 10.2 Å². The molecule has 5 nitrogen and oxygen atoms in total. The molecule has 0 unspecified atom stereocenters. The van der Waals surface area contributed by atoms with Gasteiger partial charge in [0.1, 0.15) is 0 Å². The smallest absolute Gasteiger partial charge is 0.252 e. The first kappa shape index (κ1) is 22.2. The predicted molar refractivity (Wildman–Crippen MR) is 113 cm³/mol. The van der Waals surface area contributed by atoms with E-state index in [1.165, 1.54) is 22.7 Å². The third kappa shape index (κ3) is 4.99. The molecule has 0 aromatic heterocycles. The van der Waals surface area contributed by atoms with Gasteiger partial charge in [0, 0.05) is 25.5 Å². The molecule has 0 saturated carbocycles. The van der Waals surface area contributed by atoms with E-state index in [-0.39, 0.29) is 29.7 Å². The maximum atomic E-state index is 13.8. The van der Waals surface area contributed by atoms with Crippen LogP contribution in [0.25, 0.3) is 0 Å². The highest BCUT2D eigenvalue weighted by Crippen LogP contribution is 2.32. The Labute approximate surface area is 179 Å². The lowest BCUT2D eigenvalue weighted by molar-refractivity contribution is -0.125. The Bertz CT molecular complexity index is 938. The monoisotopic (exact) mass is 433 g/mol. The maximum Gasteiger partial charge on any atom is 0.252 e. The van der Waals surface area contributed by atoms with E-state index >= 15 is 0 Å². The first-order valence-electron chi connectivity index (χ1n) is 9.66. The minimum atomic E-state index is -0.898. The van der Waals surface area contributed by atoms with Crippen LogP contribution in [0.2, 0.25) is 0 Å². The summed E-state index contributed by atoms with van der Waals surface area (Å²) in [5.41, 5.74) is 1.12. The molecule has 1 fully saturated rings. The summed E-state index contributed by atoms with van der Waals surface area (Å²) >= 11 is 1.32. The van der Waals surface area contributed by atoms with E-state index in [0.717, 1.165) is 17.5 Å². The summed E-state index contributed by atoms with van der Waals surface area (Å²) in [7, 11) is 5.28. The molecule has 1 N–H and O–H groups in total. The largest absolute Gasteiger partial charge is 0.348 e. The van der Waals surface area contributed by atoms with Gasteiger partial charge in [-0.25, -0.2) is 8.78 Å². The fraction of sp³-hybridized carbons (Fsp3) is 0.364. The van der Waals surface area contributed by atoms with E-state index in [0.29, 0.717) is 17.5 Å². The minimum absolute atomic E-state index is 0.0361. The highest BCUT2D eigenvalue weighted by molar-refractivity contribution is 8.00. The average molecular weight is 434 g/mol. The third-order valence-corrected chi connectivity index (χ3v) is 6.29. The van der Waals surface area contributed by atoms with Crippen molar-refractivity contribution in [1.29, 1.82) is 0 Å². The lowest BCUT2D eigenvalue weighted by Gasteiger charge is -2.26. The number of hydrogen-bond donors (Lipinski definition) is 1. The van der Waals surface area contributed by atoms with Gasteiger partial charge in [0.15, 0.2) is 11.6 Å². The Morgan fingerprint density at radius 1 is 1.17 bits per heavy atom. The summed E-state index contributed by atoms with van der Waals surface area (Å²) in [5.74, 6) is -1.83. The lowest BCUT2D eigenvalue weighted by atomic mass is 9.99. The van der Waals surface area contributed by atoms with E-state index in [1.54, 1.807) is 32.3 Å². The van der Waals surface area contributed by atoms with Crippen LogP contribution in [0.4, 0.5) is 8.78 Å². The Kier molecular flexibility index (Phi) is 7.10. The van der Waals surface area contributed by atoms with Gasteiger partial charge in [-0.15, -0.1) is 11.8 Å². The molecule has 1 aliphatic rings. The highest BCUT2D eigenvalue weighted by Gasteiger charge is 2.35. The molecule has 0 aliphatic carbocycles. The van der Waals surface area contributed by atoms with Gasteiger partial charge in [0.05, 0.1) is 23.4 Å². The van der Waals surface area contributed by atoms with E-state index in [4.69, 9.17) is 0 Å². The van der Waals surface area contributed by atoms with Crippen LogP contribution in [-0.2, 0) is 4.79 Å². The fourth-order valence-electron chi connectivity index (χ4n) is 3.58. The summed E-state index contributed by atoms with van der Waals surface area (Å²) in [5, 5.41) is 3.05. The van der Waals surface area contributed by atoms with Gasteiger partial charge in [0.25, 0.3) is 5.91 Å². The van der Waals surface area contributed by atoms with Crippen LogP contribution in [0.15, 0.2) is 47.4 Å². The molecule has 0 spiro atoms. The number of thioether (sulfide) groups is 1. The van der Waals surface area contributed by atoms with Gasteiger partial charge in [-0.3, -0.25) is 14.5 Å². The molecule has 8 heteroatoms. The standard InChI is InChI=1S/C22H25F2N3O2S/c1-26(2)20(28)13-30-19-7-5-4-6-15(19)22(29)25-18-10-11-27(3)21(18)14-8-9-16(23)17(24)12-14/h4-9,12,18,21H,10-11,13H2,1-3H3,(H,25,29)/t18-,21+/m1/s1. The van der Waals surface area contributed by atoms with Gasteiger partial charge in [-0.1, -0.05) is 18.2 Å². The van der Waals surface area contributed by atoms with Crippen molar-refractivity contribution in [1.82, 2.24) is 15.1 Å². The maximum absolute atomic E-state index is 13.8. The van der Waals surface area contributed by atoms with E-state index in [2.05, 4.69) is 5.32 Å². The molecule has 2 aromatic rings. The van der Waals surface area contributed by atoms with Gasteiger partial charge >= 0.3 is 0 Å². The zero-order chi connectivity index (χ0) is 21.8. The lowest BCUT2D eigenvalue weighted by Crippen LogP contribution is -2.39.